The lowest BCUT2D eigenvalue weighted by Crippen LogP contribution is -2.26. The summed E-state index contributed by atoms with van der Waals surface area (Å²) in [6, 6.07) is 2.54. The predicted molar refractivity (Wildman–Crippen MR) is 70.0 cm³/mol. The molecule has 1 unspecified atom stereocenters. The van der Waals surface area contributed by atoms with E-state index in [0.717, 1.165) is 0 Å². The lowest BCUT2D eigenvalue weighted by molar-refractivity contribution is -0.117. The first kappa shape index (κ1) is 14.5. The average molecular weight is 281 g/mol. The topological polar surface area (TPSA) is 66.8 Å². The molecule has 0 radical (unpaired) electrons. The zero-order valence-corrected chi connectivity index (χ0v) is 11.4. The fourth-order valence-corrected chi connectivity index (χ4v) is 2.36. The Morgan fingerprint density at radius 2 is 2.25 bits per heavy atom. The summed E-state index contributed by atoms with van der Waals surface area (Å²) >= 11 is 0. The van der Waals surface area contributed by atoms with Gasteiger partial charge in [0.2, 0.25) is 5.91 Å². The molecule has 1 heterocycles. The predicted octanol–water partition coefficient (Wildman–Crippen LogP) is 1.27. The van der Waals surface area contributed by atoms with Gasteiger partial charge in [0.05, 0.1) is 12.7 Å². The van der Waals surface area contributed by atoms with Crippen molar-refractivity contribution in [1.29, 1.82) is 0 Å². The van der Waals surface area contributed by atoms with Crippen molar-refractivity contribution >= 4 is 17.6 Å². The van der Waals surface area contributed by atoms with Crippen molar-refractivity contribution in [3.05, 3.63) is 29.1 Å². The zero-order valence-electron chi connectivity index (χ0n) is 11.4. The van der Waals surface area contributed by atoms with Gasteiger partial charge in [0.25, 0.3) is 0 Å². The Morgan fingerprint density at radius 1 is 1.55 bits per heavy atom. The number of amides is 1. The van der Waals surface area contributed by atoms with E-state index in [1.165, 1.54) is 24.1 Å². The molecule has 1 aliphatic rings. The van der Waals surface area contributed by atoms with Crippen LogP contribution in [0.2, 0.25) is 0 Å². The summed E-state index contributed by atoms with van der Waals surface area (Å²) in [4.78, 5) is 24.9. The van der Waals surface area contributed by atoms with E-state index in [9.17, 15) is 14.0 Å². The second kappa shape index (κ2) is 5.58. The molecule has 1 aromatic carbocycles. The third-order valence-electron chi connectivity index (χ3n) is 3.45. The van der Waals surface area contributed by atoms with Crippen LogP contribution >= 0.6 is 0 Å². The molecule has 0 aliphatic carbocycles. The van der Waals surface area contributed by atoms with E-state index in [1.807, 2.05) is 0 Å². The number of anilines is 1. The third-order valence-corrected chi connectivity index (χ3v) is 3.45. The number of carbonyl (C=O) groups is 2. The number of aryl methyl sites for hydroxylation is 1. The van der Waals surface area contributed by atoms with E-state index in [0.29, 0.717) is 17.8 Å². The number of aliphatic hydroxyl groups is 1. The number of aliphatic hydroxyl groups excluding tert-OH is 1. The highest BCUT2D eigenvalue weighted by molar-refractivity contribution is 5.98. The first-order chi connectivity index (χ1) is 9.47. The largest absolute Gasteiger partial charge is 0.465 e. The SMILES string of the molecule is COC(=O)c1cc(N2CC(CO)CC2=O)c(C)cc1F. The molecular weight excluding hydrogens is 265 g/mol. The van der Waals surface area contributed by atoms with Crippen molar-refractivity contribution in [2.24, 2.45) is 5.92 Å². The highest BCUT2D eigenvalue weighted by atomic mass is 19.1. The van der Waals surface area contributed by atoms with Gasteiger partial charge in [-0.25, -0.2) is 9.18 Å². The molecule has 0 saturated carbocycles. The number of esters is 1. The van der Waals surface area contributed by atoms with Gasteiger partial charge in [0.15, 0.2) is 0 Å². The fourth-order valence-electron chi connectivity index (χ4n) is 2.36. The average Bonchev–Trinajstić information content (AvgIpc) is 2.79. The molecule has 1 amide bonds. The molecule has 0 spiro atoms. The van der Waals surface area contributed by atoms with E-state index < -0.39 is 11.8 Å². The minimum absolute atomic E-state index is 0.0770. The van der Waals surface area contributed by atoms with Crippen molar-refractivity contribution in [3.63, 3.8) is 0 Å². The first-order valence-electron chi connectivity index (χ1n) is 6.27. The van der Waals surface area contributed by atoms with Gasteiger partial charge in [0, 0.05) is 31.2 Å². The second-order valence-electron chi connectivity index (χ2n) is 4.87. The summed E-state index contributed by atoms with van der Waals surface area (Å²) in [7, 11) is 1.17. The molecule has 0 bridgehead atoms. The highest BCUT2D eigenvalue weighted by Crippen LogP contribution is 2.30. The maximum absolute atomic E-state index is 13.8. The minimum atomic E-state index is -0.783. The van der Waals surface area contributed by atoms with E-state index in [2.05, 4.69) is 4.74 Å². The first-order valence-corrected chi connectivity index (χ1v) is 6.27. The summed E-state index contributed by atoms with van der Waals surface area (Å²) in [6.07, 6.45) is 0.251. The summed E-state index contributed by atoms with van der Waals surface area (Å²) in [5.41, 5.74) is 0.836. The highest BCUT2D eigenvalue weighted by Gasteiger charge is 2.31. The van der Waals surface area contributed by atoms with Crippen molar-refractivity contribution in [2.45, 2.75) is 13.3 Å². The van der Waals surface area contributed by atoms with Crippen molar-refractivity contribution in [1.82, 2.24) is 0 Å². The van der Waals surface area contributed by atoms with Gasteiger partial charge in [-0.05, 0) is 24.6 Å². The molecule has 2 rings (SSSR count). The quantitative estimate of drug-likeness (QED) is 0.847. The molecule has 1 saturated heterocycles. The van der Waals surface area contributed by atoms with Gasteiger partial charge in [-0.1, -0.05) is 0 Å². The van der Waals surface area contributed by atoms with Crippen LogP contribution in [0.25, 0.3) is 0 Å². The van der Waals surface area contributed by atoms with Gasteiger partial charge >= 0.3 is 5.97 Å². The number of carbonyl (C=O) groups excluding carboxylic acids is 2. The Kier molecular flexibility index (Phi) is 4.04. The normalized spacial score (nSPS) is 18.5. The van der Waals surface area contributed by atoms with Crippen LogP contribution in [0.3, 0.4) is 0 Å². The van der Waals surface area contributed by atoms with E-state index in [-0.39, 0.29) is 30.4 Å². The second-order valence-corrected chi connectivity index (χ2v) is 4.87. The van der Waals surface area contributed by atoms with Crippen LogP contribution in [0, 0.1) is 18.7 Å². The molecular formula is C14H16FNO4. The molecule has 6 heteroatoms. The van der Waals surface area contributed by atoms with Crippen LogP contribution in [0.1, 0.15) is 22.3 Å². The monoisotopic (exact) mass is 281 g/mol. The van der Waals surface area contributed by atoms with Crippen LogP contribution in [0.5, 0.6) is 0 Å². The molecule has 1 aliphatic heterocycles. The lowest BCUT2D eigenvalue weighted by Gasteiger charge is -2.20. The smallest absolute Gasteiger partial charge is 0.340 e. The van der Waals surface area contributed by atoms with Crippen LogP contribution < -0.4 is 4.90 Å². The van der Waals surface area contributed by atoms with Crippen LogP contribution in [-0.2, 0) is 9.53 Å². The van der Waals surface area contributed by atoms with Crippen molar-refractivity contribution < 1.29 is 23.8 Å². The molecule has 1 atom stereocenters. The van der Waals surface area contributed by atoms with Crippen molar-refractivity contribution in [2.75, 3.05) is 25.2 Å². The number of hydrogen-bond donors (Lipinski definition) is 1. The standard InChI is InChI=1S/C14H16FNO4/c1-8-3-11(15)10(14(19)20-2)5-12(8)16-6-9(7-17)4-13(16)18/h3,5,9,17H,4,6-7H2,1-2H3. The van der Waals surface area contributed by atoms with Gasteiger partial charge in [-0.2, -0.15) is 0 Å². The number of hydrogen-bond acceptors (Lipinski definition) is 4. The maximum Gasteiger partial charge on any atom is 0.340 e. The Labute approximate surface area is 116 Å². The van der Waals surface area contributed by atoms with Gasteiger partial charge < -0.3 is 14.7 Å². The number of halogens is 1. The molecule has 20 heavy (non-hydrogen) atoms. The number of nitrogens with zero attached hydrogens (tertiary/aromatic N) is 1. The third kappa shape index (κ3) is 2.51. The molecule has 1 aromatic rings. The maximum atomic E-state index is 13.8. The Hall–Kier alpha value is -1.95. The Balaban J connectivity index is 2.42. The van der Waals surface area contributed by atoms with Gasteiger partial charge in [-0.15, -0.1) is 0 Å². The molecule has 1 fully saturated rings. The number of benzene rings is 1. The Morgan fingerprint density at radius 3 is 2.80 bits per heavy atom. The summed E-state index contributed by atoms with van der Waals surface area (Å²) in [5, 5.41) is 9.13. The van der Waals surface area contributed by atoms with E-state index in [4.69, 9.17) is 5.11 Å². The Bertz CT molecular complexity index is 558. The zero-order chi connectivity index (χ0) is 14.9. The number of ether oxygens (including phenoxy) is 1. The van der Waals surface area contributed by atoms with Crippen LogP contribution in [0.15, 0.2) is 12.1 Å². The number of rotatable bonds is 3. The van der Waals surface area contributed by atoms with Crippen molar-refractivity contribution in [3.8, 4) is 0 Å². The van der Waals surface area contributed by atoms with Crippen LogP contribution in [0.4, 0.5) is 10.1 Å². The molecule has 0 aromatic heterocycles. The summed E-state index contributed by atoms with van der Waals surface area (Å²) < 4.78 is 18.3. The summed E-state index contributed by atoms with van der Waals surface area (Å²) in [5.74, 6) is -1.74. The minimum Gasteiger partial charge on any atom is -0.465 e. The number of methoxy groups -OCH3 is 1. The molecule has 5 nitrogen and oxygen atoms in total. The van der Waals surface area contributed by atoms with Gasteiger partial charge in [0.1, 0.15) is 5.82 Å². The van der Waals surface area contributed by atoms with Crippen LogP contribution in [-0.4, -0.2) is 37.2 Å². The van der Waals surface area contributed by atoms with Gasteiger partial charge in [-0.3, -0.25) is 4.79 Å². The lowest BCUT2D eigenvalue weighted by atomic mass is 10.1. The molecule has 1 N–H and O–H groups in total. The summed E-state index contributed by atoms with van der Waals surface area (Å²) in [6.45, 7) is 1.95. The molecule has 108 valence electrons. The van der Waals surface area contributed by atoms with E-state index >= 15 is 0 Å². The fraction of sp³-hybridized carbons (Fsp3) is 0.429. The van der Waals surface area contributed by atoms with E-state index in [1.54, 1.807) is 6.92 Å².